The lowest BCUT2D eigenvalue weighted by Gasteiger charge is -2.13. The monoisotopic (exact) mass is 363 g/mol. The van der Waals surface area contributed by atoms with Gasteiger partial charge >= 0.3 is 0 Å². The van der Waals surface area contributed by atoms with E-state index >= 15 is 0 Å². The first-order valence-corrected chi connectivity index (χ1v) is 9.43. The Morgan fingerprint density at radius 2 is 1.96 bits per heavy atom. The van der Waals surface area contributed by atoms with Crippen molar-refractivity contribution in [1.82, 2.24) is 9.88 Å². The fourth-order valence-corrected chi connectivity index (χ4v) is 3.48. The van der Waals surface area contributed by atoms with Crippen LogP contribution in [0.15, 0.2) is 59.0 Å². The highest BCUT2D eigenvalue weighted by Crippen LogP contribution is 2.29. The first-order valence-electron chi connectivity index (χ1n) is 9.43. The highest BCUT2D eigenvalue weighted by molar-refractivity contribution is 5.57. The maximum Gasteiger partial charge on any atom is 0.226 e. The molecule has 1 aliphatic heterocycles. The van der Waals surface area contributed by atoms with Crippen LogP contribution in [-0.4, -0.2) is 29.5 Å². The van der Waals surface area contributed by atoms with Crippen molar-refractivity contribution in [2.24, 2.45) is 11.7 Å². The number of nitrogens with two attached hydrogens (primary N) is 1. The largest absolute Gasteiger partial charge is 0.457 e. The van der Waals surface area contributed by atoms with Gasteiger partial charge in [-0.1, -0.05) is 24.3 Å². The molecule has 0 radical (unpaired) electrons. The molecule has 27 heavy (non-hydrogen) atoms. The first-order chi connectivity index (χ1) is 13.2. The summed E-state index contributed by atoms with van der Waals surface area (Å²) in [4.78, 5) is 7.15. The highest BCUT2D eigenvalue weighted by Gasteiger charge is 2.23. The van der Waals surface area contributed by atoms with Crippen LogP contribution in [0.1, 0.15) is 17.9 Å². The summed E-state index contributed by atoms with van der Waals surface area (Å²) < 4.78 is 11.9. The lowest BCUT2D eigenvalue weighted by Crippen LogP contribution is -2.23. The van der Waals surface area contributed by atoms with Gasteiger partial charge in [0.05, 0.1) is 5.69 Å². The minimum absolute atomic E-state index is 0.600. The summed E-state index contributed by atoms with van der Waals surface area (Å²) in [5.41, 5.74) is 7.71. The van der Waals surface area contributed by atoms with E-state index in [-0.39, 0.29) is 0 Å². The van der Waals surface area contributed by atoms with Gasteiger partial charge < -0.3 is 14.9 Å². The van der Waals surface area contributed by atoms with E-state index < -0.39 is 0 Å². The molecule has 2 N–H and O–H groups in total. The Morgan fingerprint density at radius 3 is 2.74 bits per heavy atom. The minimum atomic E-state index is 0.600. The molecule has 1 saturated heterocycles. The molecule has 4 rings (SSSR count). The van der Waals surface area contributed by atoms with Gasteiger partial charge in [0, 0.05) is 18.7 Å². The molecule has 5 heteroatoms. The third-order valence-corrected chi connectivity index (χ3v) is 5.03. The predicted molar refractivity (Wildman–Crippen MR) is 106 cm³/mol. The molecule has 0 aliphatic carbocycles. The number of benzene rings is 2. The molecule has 1 fully saturated rings. The van der Waals surface area contributed by atoms with Crippen molar-refractivity contribution in [3.8, 4) is 23.0 Å². The van der Waals surface area contributed by atoms with Crippen LogP contribution in [0.2, 0.25) is 0 Å². The molecule has 3 aromatic rings. The van der Waals surface area contributed by atoms with Gasteiger partial charge in [0.2, 0.25) is 5.89 Å². The van der Waals surface area contributed by atoms with E-state index in [1.807, 2.05) is 61.5 Å². The molecule has 0 amide bonds. The maximum absolute atomic E-state index is 5.95. The smallest absolute Gasteiger partial charge is 0.226 e. The summed E-state index contributed by atoms with van der Waals surface area (Å²) in [6.07, 6.45) is 1.17. The van der Waals surface area contributed by atoms with E-state index in [0.717, 1.165) is 54.7 Å². The van der Waals surface area contributed by atoms with Gasteiger partial charge in [-0.2, -0.15) is 0 Å². The zero-order chi connectivity index (χ0) is 18.6. The molecule has 2 heterocycles. The SMILES string of the molecule is Cc1oc(-c2cccc(Oc3ccccc3)c2)nc1CN1CC[C@H](CN)C1. The third-order valence-electron chi connectivity index (χ3n) is 5.03. The van der Waals surface area contributed by atoms with Crippen molar-refractivity contribution >= 4 is 0 Å². The van der Waals surface area contributed by atoms with Gasteiger partial charge in [-0.15, -0.1) is 0 Å². The topological polar surface area (TPSA) is 64.5 Å². The third kappa shape index (κ3) is 4.21. The average molecular weight is 363 g/mol. The Bertz CT molecular complexity index is 892. The molecule has 2 aromatic carbocycles. The van der Waals surface area contributed by atoms with Crippen LogP contribution in [-0.2, 0) is 6.54 Å². The van der Waals surface area contributed by atoms with Crippen LogP contribution < -0.4 is 10.5 Å². The van der Waals surface area contributed by atoms with Gasteiger partial charge in [0.15, 0.2) is 0 Å². The van der Waals surface area contributed by atoms with Crippen LogP contribution in [0.4, 0.5) is 0 Å². The molecule has 140 valence electrons. The first kappa shape index (κ1) is 17.8. The number of aromatic nitrogens is 1. The predicted octanol–water partition coefficient (Wildman–Crippen LogP) is 4.22. The number of rotatable bonds is 6. The summed E-state index contributed by atoms with van der Waals surface area (Å²) >= 11 is 0. The summed E-state index contributed by atoms with van der Waals surface area (Å²) in [6, 6.07) is 17.6. The van der Waals surface area contributed by atoms with Crippen LogP contribution in [0.25, 0.3) is 11.5 Å². The fourth-order valence-electron chi connectivity index (χ4n) is 3.48. The fraction of sp³-hybridized carbons (Fsp3) is 0.318. The number of hydrogen-bond acceptors (Lipinski definition) is 5. The van der Waals surface area contributed by atoms with Crippen molar-refractivity contribution < 1.29 is 9.15 Å². The van der Waals surface area contributed by atoms with Crippen molar-refractivity contribution in [2.45, 2.75) is 19.9 Å². The van der Waals surface area contributed by atoms with E-state index in [9.17, 15) is 0 Å². The molecule has 1 aliphatic rings. The summed E-state index contributed by atoms with van der Waals surface area (Å²) in [5, 5.41) is 0. The minimum Gasteiger partial charge on any atom is -0.457 e. The Kier molecular flexibility index (Phi) is 5.23. The van der Waals surface area contributed by atoms with E-state index in [4.69, 9.17) is 19.9 Å². The number of ether oxygens (including phenoxy) is 1. The van der Waals surface area contributed by atoms with E-state index in [2.05, 4.69) is 4.90 Å². The van der Waals surface area contributed by atoms with Gasteiger partial charge in [-0.3, -0.25) is 4.90 Å². The molecule has 1 atom stereocenters. The van der Waals surface area contributed by atoms with Crippen LogP contribution in [0.5, 0.6) is 11.5 Å². The van der Waals surface area contributed by atoms with Crippen molar-refractivity contribution in [3.63, 3.8) is 0 Å². The molecular formula is C22H25N3O2. The van der Waals surface area contributed by atoms with Crippen molar-refractivity contribution in [2.75, 3.05) is 19.6 Å². The van der Waals surface area contributed by atoms with E-state index in [0.29, 0.717) is 11.8 Å². The van der Waals surface area contributed by atoms with Gasteiger partial charge in [0.25, 0.3) is 0 Å². The normalized spacial score (nSPS) is 17.3. The highest BCUT2D eigenvalue weighted by atomic mass is 16.5. The lowest BCUT2D eigenvalue weighted by molar-refractivity contribution is 0.312. The zero-order valence-corrected chi connectivity index (χ0v) is 15.6. The molecular weight excluding hydrogens is 338 g/mol. The second kappa shape index (κ2) is 7.94. The Morgan fingerprint density at radius 1 is 1.15 bits per heavy atom. The molecule has 1 aromatic heterocycles. The quantitative estimate of drug-likeness (QED) is 0.710. The summed E-state index contributed by atoms with van der Waals surface area (Å²) in [5.74, 6) is 3.68. The maximum atomic E-state index is 5.95. The Balaban J connectivity index is 1.50. The van der Waals surface area contributed by atoms with Crippen LogP contribution >= 0.6 is 0 Å². The Labute approximate surface area is 159 Å². The van der Waals surface area contributed by atoms with Crippen LogP contribution in [0, 0.1) is 12.8 Å². The van der Waals surface area contributed by atoms with Gasteiger partial charge in [-0.05, 0) is 62.7 Å². The zero-order valence-electron chi connectivity index (χ0n) is 15.6. The molecule has 0 saturated carbocycles. The second-order valence-electron chi connectivity index (χ2n) is 7.09. The van der Waals surface area contributed by atoms with Crippen molar-refractivity contribution in [1.29, 1.82) is 0 Å². The molecule has 0 spiro atoms. The lowest BCUT2D eigenvalue weighted by atomic mass is 10.1. The number of oxazole rings is 1. The number of hydrogen-bond donors (Lipinski definition) is 1. The number of likely N-dealkylation sites (tertiary alicyclic amines) is 1. The number of nitrogens with zero attached hydrogens (tertiary/aromatic N) is 2. The van der Waals surface area contributed by atoms with Gasteiger partial charge in [-0.25, -0.2) is 4.98 Å². The van der Waals surface area contributed by atoms with E-state index in [1.165, 1.54) is 6.42 Å². The van der Waals surface area contributed by atoms with Gasteiger partial charge in [0.1, 0.15) is 17.3 Å². The second-order valence-corrected chi connectivity index (χ2v) is 7.09. The van der Waals surface area contributed by atoms with Crippen molar-refractivity contribution in [3.05, 3.63) is 66.1 Å². The average Bonchev–Trinajstić information content (AvgIpc) is 3.30. The molecule has 0 unspecified atom stereocenters. The molecule has 5 nitrogen and oxygen atoms in total. The Hall–Kier alpha value is -2.63. The summed E-state index contributed by atoms with van der Waals surface area (Å²) in [6.45, 7) is 5.66. The summed E-state index contributed by atoms with van der Waals surface area (Å²) in [7, 11) is 0. The number of aryl methyl sites for hydroxylation is 1. The molecule has 0 bridgehead atoms. The number of para-hydroxylation sites is 1. The standard InChI is InChI=1S/C22H25N3O2/c1-16-21(15-25-11-10-17(13-23)14-25)24-22(26-16)18-6-5-9-20(12-18)27-19-7-3-2-4-8-19/h2-9,12,17H,10-11,13-15,23H2,1H3/t17-/m1/s1. The van der Waals surface area contributed by atoms with Crippen LogP contribution in [0.3, 0.4) is 0 Å². The van der Waals surface area contributed by atoms with E-state index in [1.54, 1.807) is 0 Å².